The number of carbonyl (C=O) groups is 1. The molecule has 0 aliphatic carbocycles. The Labute approximate surface area is 202 Å². The molecule has 0 bridgehead atoms. The smallest absolute Gasteiger partial charge is 0.315 e. The third-order valence-corrected chi connectivity index (χ3v) is 5.55. The Bertz CT molecular complexity index is 1220. The van der Waals surface area contributed by atoms with E-state index in [9.17, 15) is 18.4 Å². The molecule has 34 heavy (non-hydrogen) atoms. The predicted octanol–water partition coefficient (Wildman–Crippen LogP) is 3.01. The Balaban J connectivity index is 1.66. The zero-order valence-corrected chi connectivity index (χ0v) is 19.9. The molecule has 0 radical (unpaired) electrons. The van der Waals surface area contributed by atoms with Crippen LogP contribution in [0, 0.1) is 18.6 Å². The molecule has 0 saturated carbocycles. The number of aromatic nitrogens is 2. The maximum Gasteiger partial charge on any atom is 0.315 e. The second kappa shape index (κ2) is 11.7. The second-order valence-corrected chi connectivity index (χ2v) is 8.14. The van der Waals surface area contributed by atoms with Crippen molar-refractivity contribution in [2.24, 2.45) is 0 Å². The van der Waals surface area contributed by atoms with Crippen LogP contribution in [0.1, 0.15) is 22.5 Å². The minimum Gasteiger partial charge on any atom is -0.472 e. The molecule has 0 fully saturated rings. The average Bonchev–Trinajstić information content (AvgIpc) is 2.82. The molecule has 0 aliphatic rings. The van der Waals surface area contributed by atoms with Crippen LogP contribution in [-0.4, -0.2) is 33.8 Å². The lowest BCUT2D eigenvalue weighted by Crippen LogP contribution is -2.36. The Morgan fingerprint density at radius 2 is 1.85 bits per heavy atom. The van der Waals surface area contributed by atoms with Crippen LogP contribution < -0.4 is 20.9 Å². The van der Waals surface area contributed by atoms with Gasteiger partial charge in [-0.25, -0.2) is 13.6 Å². The molecule has 0 atom stereocenters. The molecule has 0 unspecified atom stereocenters. The summed E-state index contributed by atoms with van der Waals surface area (Å²) < 4.78 is 34.0. The van der Waals surface area contributed by atoms with E-state index in [1.807, 2.05) is 24.3 Å². The summed E-state index contributed by atoms with van der Waals surface area (Å²) in [5, 5.41) is 13.9. The summed E-state index contributed by atoms with van der Waals surface area (Å²) in [4.78, 5) is 28.7. The van der Waals surface area contributed by atoms with Gasteiger partial charge in [0.2, 0.25) is 5.88 Å². The van der Waals surface area contributed by atoms with Crippen LogP contribution in [0.2, 0.25) is 0 Å². The Morgan fingerprint density at radius 1 is 1.15 bits per heavy atom. The molecule has 3 aromatic rings. The number of ether oxygens (including phenoxy) is 1. The minimum absolute atomic E-state index is 0.0170. The first-order chi connectivity index (χ1) is 16.3. The molecule has 1 aromatic heterocycles. The number of nitrogens with one attached hydrogen (secondary N) is 2. The number of rotatable bonds is 9. The largest absolute Gasteiger partial charge is 0.472 e. The summed E-state index contributed by atoms with van der Waals surface area (Å²) in [7, 11) is 0. The average molecular weight is 537 g/mol. The number of aliphatic hydroxyl groups is 1. The minimum atomic E-state index is -0.745. The van der Waals surface area contributed by atoms with Gasteiger partial charge in [-0.05, 0) is 46.1 Å². The summed E-state index contributed by atoms with van der Waals surface area (Å²) >= 11 is 3.21. The lowest BCUT2D eigenvalue weighted by atomic mass is 10.1. The van der Waals surface area contributed by atoms with Crippen molar-refractivity contribution in [2.45, 2.75) is 26.6 Å². The summed E-state index contributed by atoms with van der Waals surface area (Å²) in [6, 6.07) is 10.1. The molecule has 0 spiro atoms. The third-order valence-electron chi connectivity index (χ3n) is 4.87. The summed E-state index contributed by atoms with van der Waals surface area (Å²) in [6.45, 7) is 2.05. The first-order valence-electron chi connectivity index (χ1n) is 10.3. The third kappa shape index (κ3) is 6.61. The number of hydrogen-bond donors (Lipinski definition) is 3. The highest BCUT2D eigenvalue weighted by atomic mass is 79.9. The van der Waals surface area contributed by atoms with Gasteiger partial charge in [-0.2, -0.15) is 4.98 Å². The summed E-state index contributed by atoms with van der Waals surface area (Å²) in [5.41, 5.74) is 1.48. The number of aryl methyl sites for hydroxylation is 1. The van der Waals surface area contributed by atoms with Crippen LogP contribution in [-0.2, 0) is 19.7 Å². The lowest BCUT2D eigenvalue weighted by molar-refractivity contribution is 0.234. The molecule has 0 aliphatic heterocycles. The molecule has 3 N–H and O–H groups in total. The zero-order valence-electron chi connectivity index (χ0n) is 18.3. The number of carbonyl (C=O) groups excluding carboxylic acids is 1. The van der Waals surface area contributed by atoms with Gasteiger partial charge >= 0.3 is 6.03 Å². The van der Waals surface area contributed by atoms with Crippen molar-refractivity contribution >= 4 is 22.0 Å². The monoisotopic (exact) mass is 536 g/mol. The predicted molar refractivity (Wildman–Crippen MR) is 124 cm³/mol. The van der Waals surface area contributed by atoms with E-state index < -0.39 is 11.6 Å². The van der Waals surface area contributed by atoms with Crippen molar-refractivity contribution in [1.82, 2.24) is 20.2 Å². The van der Waals surface area contributed by atoms with Gasteiger partial charge < -0.3 is 20.5 Å². The van der Waals surface area contributed by atoms with Crippen LogP contribution >= 0.6 is 15.9 Å². The van der Waals surface area contributed by atoms with Gasteiger partial charge in [0.15, 0.2) is 0 Å². The number of benzene rings is 2. The molecule has 11 heteroatoms. The molecule has 2 amide bonds. The highest BCUT2D eigenvalue weighted by Gasteiger charge is 2.15. The Hall–Kier alpha value is -3.31. The van der Waals surface area contributed by atoms with Crippen molar-refractivity contribution in [3.05, 3.63) is 91.4 Å². The van der Waals surface area contributed by atoms with Crippen molar-refractivity contribution in [1.29, 1.82) is 0 Å². The quantitative estimate of drug-likeness (QED) is 0.390. The number of aliphatic hydroxyl groups excluding tert-OH is 1. The van der Waals surface area contributed by atoms with E-state index in [4.69, 9.17) is 9.84 Å². The van der Waals surface area contributed by atoms with E-state index in [2.05, 4.69) is 31.5 Å². The number of urea groups is 1. The molecule has 2 aromatic carbocycles. The molecule has 8 nitrogen and oxygen atoms in total. The Kier molecular flexibility index (Phi) is 8.72. The van der Waals surface area contributed by atoms with Crippen LogP contribution in [0.5, 0.6) is 5.88 Å². The standard InChI is InChI=1S/C23H23BrF2N4O4/c1-14-29-21(34-13-17-6-7-18(25)10-19(17)26)20(24)22(32)30(14)12-16-4-2-15(3-5-16)11-28-23(33)27-8-9-31/h2-7,10,31H,8-9,11-13H2,1H3,(H2,27,28,33). The maximum absolute atomic E-state index is 13.8. The number of halogens is 3. The topological polar surface area (TPSA) is 105 Å². The van der Waals surface area contributed by atoms with Gasteiger partial charge in [0.25, 0.3) is 5.56 Å². The molecule has 1 heterocycles. The van der Waals surface area contributed by atoms with Gasteiger partial charge in [0, 0.05) is 24.7 Å². The fraction of sp³-hybridized carbons (Fsp3) is 0.261. The van der Waals surface area contributed by atoms with Gasteiger partial charge in [0.1, 0.15) is 28.5 Å². The molecule has 180 valence electrons. The number of nitrogens with zero attached hydrogens (tertiary/aromatic N) is 2. The van der Waals surface area contributed by atoms with E-state index >= 15 is 0 Å². The maximum atomic E-state index is 13.8. The van der Waals surface area contributed by atoms with Crippen molar-refractivity contribution in [3.8, 4) is 5.88 Å². The fourth-order valence-corrected chi connectivity index (χ4v) is 3.46. The highest BCUT2D eigenvalue weighted by Crippen LogP contribution is 2.21. The van der Waals surface area contributed by atoms with E-state index in [1.165, 1.54) is 10.6 Å². The lowest BCUT2D eigenvalue weighted by Gasteiger charge is -2.14. The van der Waals surface area contributed by atoms with E-state index in [-0.39, 0.29) is 53.8 Å². The molecular weight excluding hydrogens is 514 g/mol. The summed E-state index contributed by atoms with van der Waals surface area (Å²) in [5.74, 6) is -1.02. The fourth-order valence-electron chi connectivity index (χ4n) is 3.04. The SMILES string of the molecule is Cc1nc(OCc2ccc(F)cc2F)c(Br)c(=O)n1Cc1ccc(CNC(=O)NCCO)cc1. The van der Waals surface area contributed by atoms with E-state index in [1.54, 1.807) is 6.92 Å². The molecule has 3 rings (SSSR count). The second-order valence-electron chi connectivity index (χ2n) is 7.34. The summed E-state index contributed by atoms with van der Waals surface area (Å²) in [6.07, 6.45) is 0. The van der Waals surface area contributed by atoms with Crippen molar-refractivity contribution < 1.29 is 23.4 Å². The van der Waals surface area contributed by atoms with Crippen LogP contribution in [0.25, 0.3) is 0 Å². The highest BCUT2D eigenvalue weighted by molar-refractivity contribution is 9.10. The first kappa shape index (κ1) is 25.3. The zero-order chi connectivity index (χ0) is 24.7. The van der Waals surface area contributed by atoms with Crippen molar-refractivity contribution in [3.63, 3.8) is 0 Å². The van der Waals surface area contributed by atoms with Gasteiger partial charge in [-0.3, -0.25) is 9.36 Å². The van der Waals surface area contributed by atoms with Gasteiger partial charge in [-0.15, -0.1) is 0 Å². The molecular formula is C23H23BrF2N4O4. The van der Waals surface area contributed by atoms with Crippen molar-refractivity contribution in [2.75, 3.05) is 13.2 Å². The van der Waals surface area contributed by atoms with E-state index in [0.29, 0.717) is 12.4 Å². The number of amides is 2. The van der Waals surface area contributed by atoms with Gasteiger partial charge in [-0.1, -0.05) is 24.3 Å². The van der Waals surface area contributed by atoms with Crippen LogP contribution in [0.3, 0.4) is 0 Å². The van der Waals surface area contributed by atoms with E-state index in [0.717, 1.165) is 23.3 Å². The normalized spacial score (nSPS) is 10.7. The number of hydrogen-bond acceptors (Lipinski definition) is 5. The first-order valence-corrected chi connectivity index (χ1v) is 11.1. The van der Waals surface area contributed by atoms with Crippen LogP contribution in [0.15, 0.2) is 51.7 Å². The van der Waals surface area contributed by atoms with Crippen LogP contribution in [0.4, 0.5) is 13.6 Å². The Morgan fingerprint density at radius 3 is 2.53 bits per heavy atom. The van der Waals surface area contributed by atoms with Gasteiger partial charge in [0.05, 0.1) is 13.2 Å². The molecule has 0 saturated heterocycles.